The molecule has 0 aliphatic heterocycles. The van der Waals surface area contributed by atoms with Crippen LogP contribution in [0.1, 0.15) is 33.2 Å². The average Bonchev–Trinajstić information content (AvgIpc) is 2.59. The number of rotatable bonds is 3. The summed E-state index contributed by atoms with van der Waals surface area (Å²) in [6.07, 6.45) is 0. The van der Waals surface area contributed by atoms with Crippen LogP contribution in [0.15, 0.2) is 48.5 Å². The van der Waals surface area contributed by atoms with Gasteiger partial charge in [-0.2, -0.15) is 0 Å². The van der Waals surface area contributed by atoms with Crippen molar-refractivity contribution in [3.05, 3.63) is 70.2 Å². The highest BCUT2D eigenvalue weighted by atomic mass is 35.5. The first-order valence-electron chi connectivity index (χ1n) is 7.71. The van der Waals surface area contributed by atoms with Gasteiger partial charge in [0, 0.05) is 27.0 Å². The fourth-order valence-corrected chi connectivity index (χ4v) is 2.93. The number of hydrogen-bond donors (Lipinski definition) is 2. The number of anilines is 1. The van der Waals surface area contributed by atoms with Crippen molar-refractivity contribution in [2.45, 2.75) is 13.8 Å². The summed E-state index contributed by atoms with van der Waals surface area (Å²) >= 11 is 6.24. The highest BCUT2D eigenvalue weighted by Crippen LogP contribution is 2.34. The number of nitrogens with one attached hydrogen (secondary N) is 1. The number of phenols is 1. The number of amides is 1. The van der Waals surface area contributed by atoms with Crippen LogP contribution < -0.4 is 5.32 Å². The van der Waals surface area contributed by atoms with Gasteiger partial charge in [0.25, 0.3) is 5.91 Å². The first-order valence-corrected chi connectivity index (χ1v) is 8.09. The third-order valence-electron chi connectivity index (χ3n) is 4.10. The van der Waals surface area contributed by atoms with E-state index in [0.29, 0.717) is 27.0 Å². The van der Waals surface area contributed by atoms with Crippen molar-refractivity contribution >= 4 is 39.8 Å². The summed E-state index contributed by atoms with van der Waals surface area (Å²) in [6, 6.07) is 13.6. The SMILES string of the molecule is CC(=O)c1ccc(C)c(NC(=O)c2cc(Cl)c3ccccc3c2O)c1. The fraction of sp³-hybridized carbons (Fsp3) is 0.100. The molecule has 0 fully saturated rings. The van der Waals surface area contributed by atoms with Crippen LogP contribution in [-0.2, 0) is 0 Å². The molecule has 126 valence electrons. The number of benzene rings is 3. The molecule has 0 bridgehead atoms. The van der Waals surface area contributed by atoms with Crippen molar-refractivity contribution in [1.29, 1.82) is 0 Å². The molecular weight excluding hydrogens is 338 g/mol. The lowest BCUT2D eigenvalue weighted by atomic mass is 10.0. The number of carbonyl (C=O) groups is 2. The van der Waals surface area contributed by atoms with E-state index >= 15 is 0 Å². The lowest BCUT2D eigenvalue weighted by Gasteiger charge is -2.12. The summed E-state index contributed by atoms with van der Waals surface area (Å²) in [6.45, 7) is 3.29. The maximum absolute atomic E-state index is 12.6. The lowest BCUT2D eigenvalue weighted by Crippen LogP contribution is -2.13. The molecule has 3 rings (SSSR count). The van der Waals surface area contributed by atoms with Crippen molar-refractivity contribution in [1.82, 2.24) is 0 Å². The quantitative estimate of drug-likeness (QED) is 0.654. The molecule has 5 heteroatoms. The Hall–Kier alpha value is -2.85. The average molecular weight is 354 g/mol. The number of Topliss-reactive ketones (excluding diaryl/α,β-unsaturated/α-hetero) is 1. The molecule has 3 aromatic carbocycles. The van der Waals surface area contributed by atoms with Crippen LogP contribution in [0.25, 0.3) is 10.8 Å². The first-order chi connectivity index (χ1) is 11.9. The van der Waals surface area contributed by atoms with Gasteiger partial charge in [-0.15, -0.1) is 0 Å². The van der Waals surface area contributed by atoms with Crippen LogP contribution >= 0.6 is 11.6 Å². The number of carbonyl (C=O) groups excluding carboxylic acids is 2. The molecule has 0 radical (unpaired) electrons. The van der Waals surface area contributed by atoms with E-state index in [9.17, 15) is 14.7 Å². The second-order valence-corrected chi connectivity index (χ2v) is 6.25. The number of halogens is 1. The predicted octanol–water partition coefficient (Wildman–Crippen LogP) is 4.96. The zero-order valence-electron chi connectivity index (χ0n) is 13.8. The van der Waals surface area contributed by atoms with Crippen LogP contribution in [0.5, 0.6) is 5.75 Å². The fourth-order valence-electron chi connectivity index (χ4n) is 2.65. The second-order valence-electron chi connectivity index (χ2n) is 5.84. The van der Waals surface area contributed by atoms with Crippen LogP contribution in [0.3, 0.4) is 0 Å². The lowest BCUT2D eigenvalue weighted by molar-refractivity contribution is 0.101. The highest BCUT2D eigenvalue weighted by Gasteiger charge is 2.17. The molecule has 0 aromatic heterocycles. The normalized spacial score (nSPS) is 10.7. The Bertz CT molecular complexity index is 1010. The summed E-state index contributed by atoms with van der Waals surface area (Å²) in [5, 5.41) is 14.8. The molecule has 0 atom stereocenters. The number of fused-ring (bicyclic) bond motifs is 1. The summed E-state index contributed by atoms with van der Waals surface area (Å²) in [5.74, 6) is -0.709. The van der Waals surface area contributed by atoms with Gasteiger partial charge < -0.3 is 10.4 Å². The van der Waals surface area contributed by atoms with Crippen molar-refractivity contribution in [2.24, 2.45) is 0 Å². The molecule has 0 saturated carbocycles. The summed E-state index contributed by atoms with van der Waals surface area (Å²) in [7, 11) is 0. The number of aromatic hydroxyl groups is 1. The van der Waals surface area contributed by atoms with E-state index in [2.05, 4.69) is 5.32 Å². The van der Waals surface area contributed by atoms with Gasteiger partial charge in [0.2, 0.25) is 0 Å². The Morgan fingerprint density at radius 3 is 2.40 bits per heavy atom. The Balaban J connectivity index is 2.03. The molecule has 25 heavy (non-hydrogen) atoms. The Morgan fingerprint density at radius 1 is 1.04 bits per heavy atom. The van der Waals surface area contributed by atoms with Gasteiger partial charge in [-0.1, -0.05) is 48.0 Å². The molecular formula is C20H16ClNO3. The molecule has 4 nitrogen and oxygen atoms in total. The minimum atomic E-state index is -0.492. The second kappa shape index (κ2) is 6.57. The van der Waals surface area contributed by atoms with Gasteiger partial charge in [0.1, 0.15) is 5.75 Å². The van der Waals surface area contributed by atoms with Crippen molar-refractivity contribution < 1.29 is 14.7 Å². The van der Waals surface area contributed by atoms with Crippen LogP contribution in [0, 0.1) is 6.92 Å². The number of hydrogen-bond acceptors (Lipinski definition) is 3. The monoisotopic (exact) mass is 353 g/mol. The predicted molar refractivity (Wildman–Crippen MR) is 99.8 cm³/mol. The Kier molecular flexibility index (Phi) is 4.47. The number of phenolic OH excluding ortho intramolecular Hbond substituents is 1. The van der Waals surface area contributed by atoms with Gasteiger partial charge in [-0.3, -0.25) is 9.59 Å². The largest absolute Gasteiger partial charge is 0.506 e. The van der Waals surface area contributed by atoms with E-state index in [-0.39, 0.29) is 17.1 Å². The van der Waals surface area contributed by atoms with Gasteiger partial charge in [0.05, 0.1) is 5.56 Å². The van der Waals surface area contributed by atoms with Crippen LogP contribution in [0.4, 0.5) is 5.69 Å². The van der Waals surface area contributed by atoms with Gasteiger partial charge in [-0.05, 0) is 31.5 Å². The minimum absolute atomic E-state index is 0.0799. The third kappa shape index (κ3) is 3.21. The molecule has 1 amide bonds. The summed E-state index contributed by atoms with van der Waals surface area (Å²) < 4.78 is 0. The van der Waals surface area contributed by atoms with E-state index in [1.807, 2.05) is 13.0 Å². The molecule has 0 saturated heterocycles. The first kappa shape index (κ1) is 17.0. The molecule has 0 spiro atoms. The molecule has 0 aliphatic rings. The van der Waals surface area contributed by atoms with E-state index in [1.54, 1.807) is 36.4 Å². The molecule has 0 aliphatic carbocycles. The van der Waals surface area contributed by atoms with Gasteiger partial charge in [0.15, 0.2) is 5.78 Å². The molecule has 2 N–H and O–H groups in total. The topological polar surface area (TPSA) is 66.4 Å². The Labute approximate surface area is 150 Å². The third-order valence-corrected chi connectivity index (χ3v) is 4.42. The van der Waals surface area contributed by atoms with E-state index in [4.69, 9.17) is 11.6 Å². The van der Waals surface area contributed by atoms with Gasteiger partial charge >= 0.3 is 0 Å². The van der Waals surface area contributed by atoms with Crippen molar-refractivity contribution in [2.75, 3.05) is 5.32 Å². The van der Waals surface area contributed by atoms with Crippen LogP contribution in [-0.4, -0.2) is 16.8 Å². The van der Waals surface area contributed by atoms with E-state index < -0.39 is 5.91 Å². The standard InChI is InChI=1S/C20H16ClNO3/c1-11-7-8-13(12(2)23)9-18(11)22-20(25)16-10-17(21)14-5-3-4-6-15(14)19(16)24/h3-10,24H,1-2H3,(H,22,25). The van der Waals surface area contributed by atoms with Gasteiger partial charge in [-0.25, -0.2) is 0 Å². The zero-order chi connectivity index (χ0) is 18.1. The number of ketones is 1. The smallest absolute Gasteiger partial charge is 0.259 e. The highest BCUT2D eigenvalue weighted by molar-refractivity contribution is 6.36. The van der Waals surface area contributed by atoms with Crippen LogP contribution in [0.2, 0.25) is 5.02 Å². The Morgan fingerprint density at radius 2 is 1.72 bits per heavy atom. The summed E-state index contributed by atoms with van der Waals surface area (Å²) in [5.41, 5.74) is 1.91. The van der Waals surface area contributed by atoms with E-state index in [0.717, 1.165) is 5.56 Å². The minimum Gasteiger partial charge on any atom is -0.506 e. The molecule has 3 aromatic rings. The summed E-state index contributed by atoms with van der Waals surface area (Å²) in [4.78, 5) is 24.2. The number of aryl methyl sites for hydroxylation is 1. The maximum Gasteiger partial charge on any atom is 0.259 e. The van der Waals surface area contributed by atoms with Crippen molar-refractivity contribution in [3.8, 4) is 5.75 Å². The molecule has 0 unspecified atom stereocenters. The maximum atomic E-state index is 12.6. The van der Waals surface area contributed by atoms with E-state index in [1.165, 1.54) is 13.0 Å². The molecule has 0 heterocycles. The zero-order valence-corrected chi connectivity index (χ0v) is 14.5. The van der Waals surface area contributed by atoms with Crippen molar-refractivity contribution in [3.63, 3.8) is 0 Å².